The maximum Gasteiger partial charge on any atom is 0.166 e. The third kappa shape index (κ3) is 2.53. The zero-order chi connectivity index (χ0) is 23.5. The normalized spacial score (nSPS) is 32.1. The van der Waals surface area contributed by atoms with E-state index in [1.807, 2.05) is 6.20 Å². The quantitative estimate of drug-likeness (QED) is 0.597. The van der Waals surface area contributed by atoms with Gasteiger partial charge in [0.25, 0.3) is 0 Å². The molecule has 8 rings (SSSR count). The largest absolute Gasteiger partial charge is 0.504 e. The lowest BCUT2D eigenvalue weighted by atomic mass is 9.49. The summed E-state index contributed by atoms with van der Waals surface area (Å²) in [7, 11) is 0. The second-order valence-electron chi connectivity index (χ2n) is 11.6. The Morgan fingerprint density at radius 2 is 1.91 bits per heavy atom. The molecule has 4 atom stereocenters. The van der Waals surface area contributed by atoms with Gasteiger partial charge < -0.3 is 14.9 Å². The van der Waals surface area contributed by atoms with Crippen molar-refractivity contribution in [3.63, 3.8) is 0 Å². The maximum atomic E-state index is 12.8. The molecule has 2 aliphatic heterocycles. The zero-order valence-corrected chi connectivity index (χ0v) is 20.0. The number of piperidine rings is 1. The molecule has 2 N–H and O–H groups in total. The van der Waals surface area contributed by atoms with E-state index in [0.29, 0.717) is 12.2 Å². The number of phenols is 1. The van der Waals surface area contributed by atoms with Crippen molar-refractivity contribution < 1.29 is 14.9 Å². The molecule has 5 aliphatic rings. The number of rotatable bonds is 3. The highest BCUT2D eigenvalue weighted by Gasteiger charge is 2.72. The number of fused-ring (bicyclic) bond motifs is 2. The minimum atomic E-state index is -0.961. The fourth-order valence-corrected chi connectivity index (χ4v) is 7.75. The highest BCUT2D eigenvalue weighted by Crippen LogP contribution is 2.68. The molecular formula is C30H30N2O3. The molecule has 178 valence electrons. The van der Waals surface area contributed by atoms with Crippen LogP contribution in [0.3, 0.4) is 0 Å². The van der Waals surface area contributed by atoms with Crippen LogP contribution < -0.4 is 4.74 Å². The van der Waals surface area contributed by atoms with E-state index in [9.17, 15) is 10.2 Å². The molecule has 1 aromatic heterocycles. The Balaban J connectivity index is 1.32. The minimum Gasteiger partial charge on any atom is -0.504 e. The standard InChI is InChI=1S/C30H30N2O3/c1-17-2-6-19(7-3-17)22-12-21-14-30(34)24-13-20-8-9-23(33)27-25(20)29(30,28(35-27)26(21)31-15-22)10-11-32(24)16-18-4-5-18/h2-3,6-9,12,15,18,24,28,33-34H,4-5,10-11,13-14,16H2,1H3/t24-,28-,29-,30+/m0/s1. The first kappa shape index (κ1) is 20.3. The number of aromatic nitrogens is 1. The molecule has 2 bridgehead atoms. The zero-order valence-electron chi connectivity index (χ0n) is 20.0. The number of hydrogen-bond donors (Lipinski definition) is 2. The van der Waals surface area contributed by atoms with Crippen LogP contribution in [0.15, 0.2) is 48.7 Å². The highest BCUT2D eigenvalue weighted by molar-refractivity contribution is 5.67. The fourth-order valence-electron chi connectivity index (χ4n) is 7.75. The first-order valence-electron chi connectivity index (χ1n) is 13.0. The summed E-state index contributed by atoms with van der Waals surface area (Å²) in [6.45, 7) is 4.12. The van der Waals surface area contributed by atoms with Crippen LogP contribution in [0.5, 0.6) is 11.5 Å². The van der Waals surface area contributed by atoms with Crippen molar-refractivity contribution in [1.29, 1.82) is 0 Å². The lowest BCUT2D eigenvalue weighted by molar-refractivity contribution is -0.173. The number of aryl methyl sites for hydroxylation is 1. The second kappa shape index (κ2) is 6.65. The Morgan fingerprint density at radius 3 is 2.71 bits per heavy atom. The number of aromatic hydroxyl groups is 1. The van der Waals surface area contributed by atoms with Gasteiger partial charge in [-0.25, -0.2) is 0 Å². The Hall–Kier alpha value is -2.89. The van der Waals surface area contributed by atoms with Crippen molar-refractivity contribution in [2.75, 3.05) is 13.1 Å². The van der Waals surface area contributed by atoms with Crippen LogP contribution in [0.2, 0.25) is 0 Å². The summed E-state index contributed by atoms with van der Waals surface area (Å²) >= 11 is 0. The van der Waals surface area contributed by atoms with Crippen LogP contribution in [0.1, 0.15) is 53.3 Å². The lowest BCUT2D eigenvalue weighted by Gasteiger charge is -2.63. The van der Waals surface area contributed by atoms with Crippen LogP contribution in [0.25, 0.3) is 11.1 Å². The van der Waals surface area contributed by atoms with Gasteiger partial charge in [0.05, 0.1) is 16.7 Å². The monoisotopic (exact) mass is 466 g/mol. The Kier molecular flexibility index (Phi) is 3.86. The van der Waals surface area contributed by atoms with Gasteiger partial charge in [-0.2, -0.15) is 0 Å². The molecule has 1 saturated heterocycles. The highest BCUT2D eigenvalue weighted by atomic mass is 16.5. The summed E-state index contributed by atoms with van der Waals surface area (Å²) in [5, 5.41) is 23.6. The minimum absolute atomic E-state index is 0.0436. The van der Waals surface area contributed by atoms with Crippen LogP contribution >= 0.6 is 0 Å². The summed E-state index contributed by atoms with van der Waals surface area (Å²) in [5.74, 6) is 1.51. The molecule has 0 unspecified atom stereocenters. The average molecular weight is 467 g/mol. The number of likely N-dealkylation sites (tertiary alicyclic amines) is 1. The molecule has 3 aliphatic carbocycles. The summed E-state index contributed by atoms with van der Waals surface area (Å²) in [5.41, 5.74) is 6.16. The predicted molar refractivity (Wildman–Crippen MR) is 133 cm³/mol. The average Bonchev–Trinajstić information content (AvgIpc) is 3.59. The summed E-state index contributed by atoms with van der Waals surface area (Å²) in [6.07, 6.45) is 6.36. The molecule has 5 heteroatoms. The smallest absolute Gasteiger partial charge is 0.166 e. The Morgan fingerprint density at radius 1 is 1.09 bits per heavy atom. The van der Waals surface area contributed by atoms with Crippen LogP contribution in [0.4, 0.5) is 0 Å². The van der Waals surface area contributed by atoms with Gasteiger partial charge in [0.2, 0.25) is 0 Å². The fraction of sp³-hybridized carbons (Fsp3) is 0.433. The topological polar surface area (TPSA) is 65.8 Å². The number of nitrogens with zero attached hydrogens (tertiary/aromatic N) is 2. The molecule has 0 radical (unpaired) electrons. The van der Waals surface area contributed by atoms with Crippen molar-refractivity contribution in [3.8, 4) is 22.6 Å². The van der Waals surface area contributed by atoms with E-state index in [4.69, 9.17) is 9.72 Å². The van der Waals surface area contributed by atoms with Crippen molar-refractivity contribution in [2.45, 2.75) is 62.2 Å². The number of benzene rings is 2. The van der Waals surface area contributed by atoms with Gasteiger partial charge >= 0.3 is 0 Å². The summed E-state index contributed by atoms with van der Waals surface area (Å²) in [6, 6.07) is 14.6. The number of ether oxygens (including phenoxy) is 1. The number of aliphatic hydroxyl groups is 1. The van der Waals surface area contributed by atoms with Crippen LogP contribution in [0, 0.1) is 12.8 Å². The number of phenolic OH excluding ortho intramolecular Hbond substituents is 1. The van der Waals surface area contributed by atoms with Gasteiger partial charge in [-0.1, -0.05) is 35.9 Å². The van der Waals surface area contributed by atoms with E-state index in [2.05, 4.69) is 48.2 Å². The Bertz CT molecular complexity index is 1380. The lowest BCUT2D eigenvalue weighted by Crippen LogP contribution is -2.74. The maximum absolute atomic E-state index is 12.8. The van der Waals surface area contributed by atoms with Crippen molar-refractivity contribution in [1.82, 2.24) is 9.88 Å². The van der Waals surface area contributed by atoms with Crippen molar-refractivity contribution in [2.24, 2.45) is 5.92 Å². The third-order valence-corrected chi connectivity index (χ3v) is 9.61. The van der Waals surface area contributed by atoms with Gasteiger partial charge in [0.15, 0.2) is 17.6 Å². The molecule has 3 aromatic rings. The molecule has 0 amide bonds. The molecule has 1 spiro atoms. The molecule has 2 fully saturated rings. The van der Waals surface area contributed by atoms with E-state index in [-0.39, 0.29) is 17.9 Å². The van der Waals surface area contributed by atoms with E-state index >= 15 is 0 Å². The summed E-state index contributed by atoms with van der Waals surface area (Å²) < 4.78 is 6.60. The Labute approximate surface area is 205 Å². The number of pyridine rings is 1. The van der Waals surface area contributed by atoms with Gasteiger partial charge in [0.1, 0.15) is 0 Å². The van der Waals surface area contributed by atoms with Gasteiger partial charge in [-0.05, 0) is 73.9 Å². The summed E-state index contributed by atoms with van der Waals surface area (Å²) in [4.78, 5) is 7.55. The van der Waals surface area contributed by atoms with E-state index in [1.165, 1.54) is 24.0 Å². The molecule has 1 saturated carbocycles. The second-order valence-corrected chi connectivity index (χ2v) is 11.6. The van der Waals surface area contributed by atoms with Gasteiger partial charge in [-0.3, -0.25) is 9.88 Å². The van der Waals surface area contributed by atoms with Crippen molar-refractivity contribution >= 4 is 0 Å². The molecule has 3 heterocycles. The van der Waals surface area contributed by atoms with E-state index in [1.54, 1.807) is 6.07 Å². The molecule has 35 heavy (non-hydrogen) atoms. The first-order chi connectivity index (χ1) is 17.0. The first-order valence-corrected chi connectivity index (χ1v) is 13.0. The van der Waals surface area contributed by atoms with E-state index in [0.717, 1.165) is 59.8 Å². The van der Waals surface area contributed by atoms with Crippen molar-refractivity contribution in [3.05, 3.63) is 76.6 Å². The van der Waals surface area contributed by atoms with Crippen LogP contribution in [-0.2, 0) is 18.3 Å². The van der Waals surface area contributed by atoms with Crippen LogP contribution in [-0.4, -0.2) is 44.8 Å². The SMILES string of the molecule is Cc1ccc(-c2cnc3c(c2)C[C@@]2(O)[C@@H]4Cc5ccc(O)c6c5[C@@]2(CCN4CC2CC2)[C@H]3O6)cc1. The van der Waals surface area contributed by atoms with E-state index < -0.39 is 11.0 Å². The predicted octanol–water partition coefficient (Wildman–Crippen LogP) is 4.46. The molecular weight excluding hydrogens is 436 g/mol. The molecule has 2 aromatic carbocycles. The third-order valence-electron chi connectivity index (χ3n) is 9.61. The van der Waals surface area contributed by atoms with Gasteiger partial charge in [0, 0.05) is 36.3 Å². The van der Waals surface area contributed by atoms with Gasteiger partial charge in [-0.15, -0.1) is 0 Å². The number of hydrogen-bond acceptors (Lipinski definition) is 5. The molecule has 5 nitrogen and oxygen atoms in total.